The summed E-state index contributed by atoms with van der Waals surface area (Å²) < 4.78 is 10.9. The van der Waals surface area contributed by atoms with Crippen LogP contribution in [-0.4, -0.2) is 22.0 Å². The second kappa shape index (κ2) is 6.04. The van der Waals surface area contributed by atoms with Gasteiger partial charge in [0.05, 0.1) is 11.1 Å². The maximum absolute atomic E-state index is 5.50. The van der Waals surface area contributed by atoms with Crippen molar-refractivity contribution in [3.63, 3.8) is 0 Å². The maximum atomic E-state index is 5.50. The van der Waals surface area contributed by atoms with Crippen molar-refractivity contribution >= 4 is 23.2 Å². The molecule has 0 atom stereocenters. The minimum absolute atomic E-state index is 0.259. The van der Waals surface area contributed by atoms with E-state index >= 15 is 0 Å². The maximum Gasteiger partial charge on any atom is 0.231 e. The molecule has 2 aromatic heterocycles. The molecule has 1 N–H and O–H groups in total. The molecule has 5 nitrogen and oxygen atoms in total. The van der Waals surface area contributed by atoms with Gasteiger partial charge in [0.1, 0.15) is 0 Å². The number of aromatic amines is 1. The number of hydrogen-bond acceptors (Lipinski definition) is 4. The predicted octanol–water partition coefficient (Wildman–Crippen LogP) is 4.52. The minimum Gasteiger partial charge on any atom is -0.454 e. The summed E-state index contributed by atoms with van der Waals surface area (Å²) in [5.74, 6) is 1.51. The van der Waals surface area contributed by atoms with Crippen LogP contribution >= 0.6 is 0 Å². The molecule has 0 spiro atoms. The molecule has 0 bridgehead atoms. The Morgan fingerprint density at radius 1 is 0.923 bits per heavy atom. The van der Waals surface area contributed by atoms with E-state index in [4.69, 9.17) is 9.47 Å². The van der Waals surface area contributed by atoms with E-state index in [9.17, 15) is 0 Å². The molecule has 3 heterocycles. The van der Waals surface area contributed by atoms with Crippen molar-refractivity contribution in [3.8, 4) is 22.8 Å². The first-order chi connectivity index (χ1) is 12.9. The number of hydrogen-bond donors (Lipinski definition) is 1. The van der Waals surface area contributed by atoms with E-state index in [1.165, 1.54) is 0 Å². The standard InChI is InChI=1S/C21H15N3O2/c1-2-4-14(5-3-1)6-7-15-10-11-22-21-19(15)20(23-24-21)16-8-9-17-18(12-16)26-13-25-17/h1-12H,13H2,(H,22,23,24)/b7-6+. The van der Waals surface area contributed by atoms with Crippen LogP contribution < -0.4 is 9.47 Å². The number of pyridine rings is 1. The third-order valence-electron chi connectivity index (χ3n) is 4.40. The molecule has 126 valence electrons. The van der Waals surface area contributed by atoms with Crippen molar-refractivity contribution in [2.75, 3.05) is 6.79 Å². The second-order valence-corrected chi connectivity index (χ2v) is 6.01. The molecule has 0 amide bonds. The van der Waals surface area contributed by atoms with Crippen molar-refractivity contribution < 1.29 is 9.47 Å². The molecule has 5 heteroatoms. The summed E-state index contributed by atoms with van der Waals surface area (Å²) in [6.07, 6.45) is 5.95. The highest BCUT2D eigenvalue weighted by atomic mass is 16.7. The predicted molar refractivity (Wildman–Crippen MR) is 101 cm³/mol. The molecular weight excluding hydrogens is 326 g/mol. The van der Waals surface area contributed by atoms with Gasteiger partial charge in [-0.1, -0.05) is 42.5 Å². The van der Waals surface area contributed by atoms with Gasteiger partial charge in [-0.05, 0) is 35.4 Å². The zero-order chi connectivity index (χ0) is 17.3. The Hall–Kier alpha value is -3.60. The summed E-state index contributed by atoms with van der Waals surface area (Å²) >= 11 is 0. The highest BCUT2D eigenvalue weighted by Gasteiger charge is 2.17. The smallest absolute Gasteiger partial charge is 0.231 e. The van der Waals surface area contributed by atoms with E-state index in [-0.39, 0.29) is 6.79 Å². The summed E-state index contributed by atoms with van der Waals surface area (Å²) in [6, 6.07) is 18.1. The number of fused-ring (bicyclic) bond motifs is 2. The van der Waals surface area contributed by atoms with Gasteiger partial charge < -0.3 is 9.47 Å². The molecule has 1 aliphatic heterocycles. The summed E-state index contributed by atoms with van der Waals surface area (Å²) in [6.45, 7) is 0.259. The first-order valence-corrected chi connectivity index (χ1v) is 8.35. The van der Waals surface area contributed by atoms with Gasteiger partial charge in [0.2, 0.25) is 6.79 Å². The van der Waals surface area contributed by atoms with Crippen LogP contribution in [0, 0.1) is 0 Å². The van der Waals surface area contributed by atoms with Crippen LogP contribution in [0.15, 0.2) is 60.8 Å². The Morgan fingerprint density at radius 3 is 2.73 bits per heavy atom. The number of nitrogens with zero attached hydrogens (tertiary/aromatic N) is 2. The number of rotatable bonds is 3. The van der Waals surface area contributed by atoms with Gasteiger partial charge >= 0.3 is 0 Å². The fraction of sp³-hybridized carbons (Fsp3) is 0.0476. The Labute approximate surface area is 149 Å². The van der Waals surface area contributed by atoms with Gasteiger partial charge in [-0.3, -0.25) is 5.10 Å². The Morgan fingerprint density at radius 2 is 1.81 bits per heavy atom. The van der Waals surface area contributed by atoms with Crippen LogP contribution in [0.5, 0.6) is 11.5 Å². The van der Waals surface area contributed by atoms with Crippen molar-refractivity contribution in [2.24, 2.45) is 0 Å². The molecule has 0 unspecified atom stereocenters. The fourth-order valence-electron chi connectivity index (χ4n) is 3.12. The van der Waals surface area contributed by atoms with Gasteiger partial charge in [-0.25, -0.2) is 4.98 Å². The lowest BCUT2D eigenvalue weighted by Gasteiger charge is -2.03. The molecule has 2 aromatic carbocycles. The molecule has 0 fully saturated rings. The summed E-state index contributed by atoms with van der Waals surface area (Å²) in [5.41, 5.74) is 4.79. The van der Waals surface area contributed by atoms with E-state index in [1.807, 2.05) is 42.5 Å². The highest BCUT2D eigenvalue weighted by molar-refractivity contribution is 5.98. The van der Waals surface area contributed by atoms with Gasteiger partial charge in [-0.15, -0.1) is 0 Å². The van der Waals surface area contributed by atoms with Crippen LogP contribution in [0.3, 0.4) is 0 Å². The van der Waals surface area contributed by atoms with Crippen LogP contribution in [0.1, 0.15) is 11.1 Å². The van der Waals surface area contributed by atoms with Gasteiger partial charge in [0.15, 0.2) is 17.1 Å². The molecule has 5 rings (SSSR count). The van der Waals surface area contributed by atoms with E-state index in [0.29, 0.717) is 5.65 Å². The van der Waals surface area contributed by atoms with Gasteiger partial charge in [0, 0.05) is 11.8 Å². The summed E-state index contributed by atoms with van der Waals surface area (Å²) in [7, 11) is 0. The minimum atomic E-state index is 0.259. The molecule has 0 aliphatic carbocycles. The van der Waals surface area contributed by atoms with Crippen molar-refractivity contribution in [3.05, 3.63) is 71.9 Å². The Kier molecular flexibility index (Phi) is 3.42. The van der Waals surface area contributed by atoms with Crippen LogP contribution in [0.4, 0.5) is 0 Å². The normalized spacial score (nSPS) is 12.9. The molecule has 0 saturated heterocycles. The van der Waals surface area contributed by atoms with Crippen LogP contribution in [0.2, 0.25) is 0 Å². The van der Waals surface area contributed by atoms with Gasteiger partial charge in [0.25, 0.3) is 0 Å². The SMILES string of the molecule is C(=C\c1ccnc2n[nH]c(-c3ccc4c(c3)OCO4)c12)/c1ccccc1. The van der Waals surface area contributed by atoms with E-state index < -0.39 is 0 Å². The molecule has 1 aliphatic rings. The number of H-pyrrole nitrogens is 1. The topological polar surface area (TPSA) is 60.0 Å². The van der Waals surface area contributed by atoms with E-state index in [1.54, 1.807) is 6.20 Å². The molecule has 0 radical (unpaired) electrons. The quantitative estimate of drug-likeness (QED) is 0.595. The molecular formula is C21H15N3O2. The lowest BCUT2D eigenvalue weighted by atomic mass is 10.0. The Bertz CT molecular complexity index is 1120. The lowest BCUT2D eigenvalue weighted by molar-refractivity contribution is 0.174. The number of aromatic nitrogens is 3. The number of nitrogens with one attached hydrogen (secondary N) is 1. The number of ether oxygens (including phenoxy) is 2. The largest absolute Gasteiger partial charge is 0.454 e. The summed E-state index contributed by atoms with van der Waals surface area (Å²) in [5, 5.41) is 8.46. The average molecular weight is 341 g/mol. The third kappa shape index (κ3) is 2.50. The first kappa shape index (κ1) is 14.7. The van der Waals surface area contributed by atoms with Crippen molar-refractivity contribution in [2.45, 2.75) is 0 Å². The number of benzene rings is 2. The average Bonchev–Trinajstić information content (AvgIpc) is 3.33. The zero-order valence-electron chi connectivity index (χ0n) is 13.8. The zero-order valence-corrected chi connectivity index (χ0v) is 13.8. The summed E-state index contributed by atoms with van der Waals surface area (Å²) in [4.78, 5) is 4.38. The lowest BCUT2D eigenvalue weighted by Crippen LogP contribution is -1.92. The highest BCUT2D eigenvalue weighted by Crippen LogP contribution is 2.37. The van der Waals surface area contributed by atoms with E-state index in [2.05, 4.69) is 39.5 Å². The van der Waals surface area contributed by atoms with Crippen molar-refractivity contribution in [1.82, 2.24) is 15.2 Å². The third-order valence-corrected chi connectivity index (χ3v) is 4.40. The molecule has 4 aromatic rings. The van der Waals surface area contributed by atoms with Crippen LogP contribution in [0.25, 0.3) is 34.4 Å². The fourth-order valence-corrected chi connectivity index (χ4v) is 3.12. The molecule has 26 heavy (non-hydrogen) atoms. The van der Waals surface area contributed by atoms with Crippen LogP contribution in [-0.2, 0) is 0 Å². The van der Waals surface area contributed by atoms with Crippen molar-refractivity contribution in [1.29, 1.82) is 0 Å². The first-order valence-electron chi connectivity index (χ1n) is 8.35. The molecule has 0 saturated carbocycles. The second-order valence-electron chi connectivity index (χ2n) is 6.01. The Balaban J connectivity index is 1.62. The monoisotopic (exact) mass is 341 g/mol. The van der Waals surface area contributed by atoms with E-state index in [0.717, 1.165) is 39.3 Å². The van der Waals surface area contributed by atoms with Gasteiger partial charge in [-0.2, -0.15) is 5.10 Å².